The summed E-state index contributed by atoms with van der Waals surface area (Å²) in [5.41, 5.74) is 15.7. The van der Waals surface area contributed by atoms with E-state index in [2.05, 4.69) is 15.6 Å². The van der Waals surface area contributed by atoms with E-state index in [0.29, 0.717) is 40.3 Å². The number of benzene rings is 2. The Morgan fingerprint density at radius 1 is 1.07 bits per heavy atom. The van der Waals surface area contributed by atoms with Crippen LogP contribution in [0.5, 0.6) is 5.75 Å². The molecule has 0 unspecified atom stereocenters. The molecule has 0 radical (unpaired) electrons. The van der Waals surface area contributed by atoms with E-state index in [-0.39, 0.29) is 31.0 Å². The molecule has 6 N–H and O–H groups in total. The van der Waals surface area contributed by atoms with Gasteiger partial charge in [-0.05, 0) is 70.3 Å². The highest BCUT2D eigenvalue weighted by Gasteiger charge is 2.18. The number of pyridine rings is 1. The van der Waals surface area contributed by atoms with Gasteiger partial charge in [0.2, 0.25) is 5.91 Å². The van der Waals surface area contributed by atoms with Crippen molar-refractivity contribution in [3.63, 3.8) is 0 Å². The summed E-state index contributed by atoms with van der Waals surface area (Å²) in [4.78, 5) is 43.7. The third-order valence-corrected chi connectivity index (χ3v) is 6.46. The first-order chi connectivity index (χ1) is 20.0. The van der Waals surface area contributed by atoms with Crippen LogP contribution in [0.2, 0.25) is 0 Å². The summed E-state index contributed by atoms with van der Waals surface area (Å²) < 4.78 is 7.44. The molecule has 0 saturated heterocycles. The van der Waals surface area contributed by atoms with Crippen LogP contribution >= 0.6 is 0 Å². The number of hydrogen-bond acceptors (Lipinski definition) is 7. The predicted molar refractivity (Wildman–Crippen MR) is 162 cm³/mol. The zero-order valence-electron chi connectivity index (χ0n) is 24.3. The first-order valence-corrected chi connectivity index (χ1v) is 13.7. The lowest BCUT2D eigenvalue weighted by molar-refractivity contribution is -0.121. The lowest BCUT2D eigenvalue weighted by Crippen LogP contribution is -2.46. The van der Waals surface area contributed by atoms with Crippen molar-refractivity contribution in [1.82, 2.24) is 24.9 Å². The number of imidazole rings is 1. The SMILES string of the molecule is CC(C)Oc1ccc(C(=O)N[C@H](CNC(=O)CN(C)C)Cc2ccc(-c3cn4cccc(C(N)=O)c4n3)cc2)cc1N. The van der Waals surface area contributed by atoms with Gasteiger partial charge in [0, 0.05) is 30.1 Å². The summed E-state index contributed by atoms with van der Waals surface area (Å²) in [6.07, 6.45) is 4.07. The topological polar surface area (TPSA) is 157 Å². The van der Waals surface area contributed by atoms with Gasteiger partial charge in [0.15, 0.2) is 0 Å². The van der Waals surface area contributed by atoms with Crippen molar-refractivity contribution in [3.8, 4) is 17.0 Å². The van der Waals surface area contributed by atoms with Crippen molar-refractivity contribution in [3.05, 3.63) is 83.7 Å². The summed E-state index contributed by atoms with van der Waals surface area (Å²) in [6, 6.07) is 15.7. The normalized spacial score (nSPS) is 12.0. The Morgan fingerprint density at radius 3 is 2.45 bits per heavy atom. The van der Waals surface area contributed by atoms with Crippen molar-refractivity contribution < 1.29 is 19.1 Å². The Morgan fingerprint density at radius 2 is 1.81 bits per heavy atom. The number of rotatable bonds is 12. The monoisotopic (exact) mass is 571 g/mol. The molecule has 2 aromatic heterocycles. The third-order valence-electron chi connectivity index (χ3n) is 6.46. The molecule has 4 rings (SSSR count). The van der Waals surface area contributed by atoms with E-state index in [4.69, 9.17) is 16.2 Å². The molecule has 0 aliphatic carbocycles. The van der Waals surface area contributed by atoms with Crippen LogP contribution in [0.15, 0.2) is 67.0 Å². The molecule has 2 aromatic carbocycles. The third kappa shape index (κ3) is 7.64. The van der Waals surface area contributed by atoms with Crippen LogP contribution < -0.4 is 26.8 Å². The molecule has 0 aliphatic rings. The molecule has 0 fully saturated rings. The van der Waals surface area contributed by atoms with Gasteiger partial charge in [-0.2, -0.15) is 0 Å². The molecule has 220 valence electrons. The number of hydrogen-bond donors (Lipinski definition) is 4. The maximum Gasteiger partial charge on any atom is 0.252 e. The minimum absolute atomic E-state index is 0.0474. The first-order valence-electron chi connectivity index (χ1n) is 13.7. The fourth-order valence-corrected chi connectivity index (χ4v) is 4.51. The largest absolute Gasteiger partial charge is 0.489 e. The molecule has 1 atom stereocenters. The van der Waals surface area contributed by atoms with Crippen molar-refractivity contribution in [2.24, 2.45) is 5.73 Å². The highest BCUT2D eigenvalue weighted by molar-refractivity contribution is 5.99. The Labute approximate surface area is 244 Å². The maximum absolute atomic E-state index is 13.2. The van der Waals surface area contributed by atoms with E-state index in [9.17, 15) is 14.4 Å². The molecule has 4 aromatic rings. The Kier molecular flexibility index (Phi) is 9.43. The average molecular weight is 572 g/mol. The standard InChI is InChI=1S/C31H37N7O4/c1-19(2)42-27-12-11-22(15-25(27)32)31(41)35-23(16-34-28(39)18-37(3)4)14-20-7-9-21(10-8-20)26-17-38-13-5-6-24(29(33)40)30(38)36-26/h5-13,15,17,19,23H,14,16,18,32H2,1-4H3,(H2,33,40)(H,34,39)(H,35,41)/t23-/m0/s1. The highest BCUT2D eigenvalue weighted by atomic mass is 16.5. The molecule has 42 heavy (non-hydrogen) atoms. The van der Waals surface area contributed by atoms with E-state index in [0.717, 1.165) is 11.1 Å². The van der Waals surface area contributed by atoms with E-state index in [1.165, 1.54) is 0 Å². The lowest BCUT2D eigenvalue weighted by Gasteiger charge is -2.21. The Hall–Kier alpha value is -4.90. The summed E-state index contributed by atoms with van der Waals surface area (Å²) >= 11 is 0. The quantitative estimate of drug-likeness (QED) is 0.190. The number of carbonyl (C=O) groups excluding carboxylic acids is 3. The van der Waals surface area contributed by atoms with Crippen molar-refractivity contribution in [1.29, 1.82) is 0 Å². The van der Waals surface area contributed by atoms with Gasteiger partial charge in [-0.15, -0.1) is 0 Å². The van der Waals surface area contributed by atoms with Crippen LogP contribution in [-0.2, 0) is 11.2 Å². The maximum atomic E-state index is 13.2. The molecule has 0 bridgehead atoms. The number of aromatic nitrogens is 2. The number of fused-ring (bicyclic) bond motifs is 1. The summed E-state index contributed by atoms with van der Waals surface area (Å²) in [5, 5.41) is 5.94. The zero-order valence-corrected chi connectivity index (χ0v) is 24.3. The van der Waals surface area contributed by atoms with E-state index in [1.807, 2.05) is 64.6 Å². The molecule has 0 aliphatic heterocycles. The Balaban J connectivity index is 1.51. The summed E-state index contributed by atoms with van der Waals surface area (Å²) in [6.45, 7) is 4.28. The summed E-state index contributed by atoms with van der Waals surface area (Å²) in [5.74, 6) is -0.473. The lowest BCUT2D eigenvalue weighted by atomic mass is 10.0. The van der Waals surface area contributed by atoms with Gasteiger partial charge in [0.1, 0.15) is 11.4 Å². The first kappa shape index (κ1) is 30.1. The fraction of sp³-hybridized carbons (Fsp3) is 0.290. The summed E-state index contributed by atoms with van der Waals surface area (Å²) in [7, 11) is 3.63. The number of nitrogens with two attached hydrogens (primary N) is 2. The zero-order chi connectivity index (χ0) is 30.4. The molecule has 2 heterocycles. The number of likely N-dealkylation sites (N-methyl/N-ethyl adjacent to an activating group) is 1. The van der Waals surface area contributed by atoms with Crippen LogP contribution in [0.25, 0.3) is 16.9 Å². The van der Waals surface area contributed by atoms with E-state index in [1.54, 1.807) is 39.6 Å². The molecular weight excluding hydrogens is 534 g/mol. The van der Waals surface area contributed by atoms with Gasteiger partial charge < -0.3 is 36.1 Å². The second kappa shape index (κ2) is 13.2. The van der Waals surface area contributed by atoms with Crippen molar-refractivity contribution >= 4 is 29.1 Å². The minimum Gasteiger partial charge on any atom is -0.489 e. The van der Waals surface area contributed by atoms with E-state index >= 15 is 0 Å². The molecule has 11 nitrogen and oxygen atoms in total. The van der Waals surface area contributed by atoms with Crippen molar-refractivity contribution in [2.45, 2.75) is 32.4 Å². The number of ether oxygens (including phenoxy) is 1. The van der Waals surface area contributed by atoms with Gasteiger partial charge in [-0.3, -0.25) is 14.4 Å². The van der Waals surface area contributed by atoms with Crippen LogP contribution in [0, 0.1) is 0 Å². The van der Waals surface area contributed by atoms with Crippen molar-refractivity contribution in [2.75, 3.05) is 32.9 Å². The number of nitrogens with one attached hydrogen (secondary N) is 2. The smallest absolute Gasteiger partial charge is 0.252 e. The van der Waals surface area contributed by atoms with E-state index < -0.39 is 11.9 Å². The number of carbonyl (C=O) groups is 3. The highest BCUT2D eigenvalue weighted by Crippen LogP contribution is 2.24. The van der Waals surface area contributed by atoms with Crippen LogP contribution in [-0.4, -0.2) is 71.3 Å². The number of nitrogens with zero attached hydrogens (tertiary/aromatic N) is 3. The molecule has 0 spiro atoms. The second-order valence-electron chi connectivity index (χ2n) is 10.7. The molecule has 0 saturated carbocycles. The number of primary amides is 1. The average Bonchev–Trinajstić information content (AvgIpc) is 3.37. The fourth-order valence-electron chi connectivity index (χ4n) is 4.51. The predicted octanol–water partition coefficient (Wildman–Crippen LogP) is 2.49. The number of anilines is 1. The molecule has 3 amide bonds. The van der Waals surface area contributed by atoms with Gasteiger partial charge >= 0.3 is 0 Å². The Bertz CT molecular complexity index is 1580. The number of nitrogen functional groups attached to an aromatic ring is 1. The van der Waals surface area contributed by atoms with Gasteiger partial charge in [-0.25, -0.2) is 4.98 Å². The molecule has 11 heteroatoms. The van der Waals surface area contributed by atoms with Gasteiger partial charge in [0.05, 0.1) is 35.6 Å². The van der Waals surface area contributed by atoms with Crippen LogP contribution in [0.4, 0.5) is 5.69 Å². The van der Waals surface area contributed by atoms with Crippen LogP contribution in [0.1, 0.15) is 40.1 Å². The number of amides is 3. The van der Waals surface area contributed by atoms with Gasteiger partial charge in [0.25, 0.3) is 11.8 Å². The minimum atomic E-state index is -0.540. The van der Waals surface area contributed by atoms with Gasteiger partial charge in [-0.1, -0.05) is 24.3 Å². The van der Waals surface area contributed by atoms with Crippen LogP contribution in [0.3, 0.4) is 0 Å². The molecular formula is C31H37N7O4. The second-order valence-corrected chi connectivity index (χ2v) is 10.7.